The quantitative estimate of drug-likeness (QED) is 0.661. The zero-order chi connectivity index (χ0) is 20.4. The first-order valence-electron chi connectivity index (χ1n) is 10.6. The fraction of sp³-hybridized carbons (Fsp3) is 0.591. The van der Waals surface area contributed by atoms with Crippen molar-refractivity contribution in [3.63, 3.8) is 0 Å². The molecule has 2 fully saturated rings. The van der Waals surface area contributed by atoms with Gasteiger partial charge in [0.05, 0.1) is 18.4 Å². The van der Waals surface area contributed by atoms with E-state index in [1.165, 1.54) is 37.4 Å². The van der Waals surface area contributed by atoms with Crippen LogP contribution in [0.2, 0.25) is 0 Å². The number of thioether (sulfide) groups is 1. The molecule has 1 heterocycles. The Morgan fingerprint density at radius 3 is 2.83 bits per heavy atom. The maximum Gasteiger partial charge on any atom is 0.230 e. The number of hydrogen-bond acceptors (Lipinski definition) is 5. The van der Waals surface area contributed by atoms with Crippen molar-refractivity contribution in [2.45, 2.75) is 57.3 Å². The molecule has 0 saturated heterocycles. The summed E-state index contributed by atoms with van der Waals surface area (Å²) in [6.45, 7) is 4.96. The van der Waals surface area contributed by atoms with Crippen molar-refractivity contribution in [2.75, 3.05) is 12.9 Å². The minimum Gasteiger partial charge on any atom is -0.496 e. The molecule has 0 aliphatic heterocycles. The fourth-order valence-corrected chi connectivity index (χ4v) is 5.96. The van der Waals surface area contributed by atoms with Crippen molar-refractivity contribution in [3.05, 3.63) is 24.3 Å². The zero-order valence-electron chi connectivity index (χ0n) is 17.4. The van der Waals surface area contributed by atoms with Crippen molar-refractivity contribution >= 4 is 17.7 Å². The van der Waals surface area contributed by atoms with Gasteiger partial charge in [0.15, 0.2) is 11.0 Å². The summed E-state index contributed by atoms with van der Waals surface area (Å²) in [5, 5.41) is 12.7. The molecule has 29 heavy (non-hydrogen) atoms. The molecule has 0 spiro atoms. The lowest BCUT2D eigenvalue weighted by Crippen LogP contribution is -2.40. The maximum absolute atomic E-state index is 12.6. The Morgan fingerprint density at radius 2 is 2.14 bits per heavy atom. The number of rotatable bonds is 8. The van der Waals surface area contributed by atoms with Crippen molar-refractivity contribution in [1.82, 2.24) is 20.1 Å². The van der Waals surface area contributed by atoms with Crippen LogP contribution in [0.1, 0.15) is 39.5 Å². The molecule has 2 bridgehead atoms. The number of carbonyl (C=O) groups excluding carboxylic acids is 1. The Kier molecular flexibility index (Phi) is 6.13. The number of nitrogens with one attached hydrogen (secondary N) is 1. The van der Waals surface area contributed by atoms with Crippen LogP contribution in [0.5, 0.6) is 5.75 Å². The van der Waals surface area contributed by atoms with Gasteiger partial charge in [0, 0.05) is 12.6 Å². The van der Waals surface area contributed by atoms with E-state index in [1.54, 1.807) is 7.11 Å². The van der Waals surface area contributed by atoms with Crippen LogP contribution in [0.15, 0.2) is 29.4 Å². The van der Waals surface area contributed by atoms with Gasteiger partial charge < -0.3 is 14.6 Å². The number of para-hydroxylation sites is 1. The first-order chi connectivity index (χ1) is 14.1. The van der Waals surface area contributed by atoms with Gasteiger partial charge in [0.25, 0.3) is 0 Å². The highest BCUT2D eigenvalue weighted by molar-refractivity contribution is 7.99. The van der Waals surface area contributed by atoms with Gasteiger partial charge in [-0.3, -0.25) is 4.79 Å². The van der Waals surface area contributed by atoms with Gasteiger partial charge in [-0.05, 0) is 63.0 Å². The minimum absolute atomic E-state index is 0.0785. The van der Waals surface area contributed by atoms with E-state index >= 15 is 0 Å². The molecule has 0 radical (unpaired) electrons. The SMILES string of the molecule is CCn1c(SCC(=O)NC(C)C2CC3CCC2C3)nnc1-c1ccccc1OC. The van der Waals surface area contributed by atoms with Crippen molar-refractivity contribution < 1.29 is 9.53 Å². The molecule has 4 rings (SSSR count). The second-order valence-corrected chi connectivity index (χ2v) is 9.18. The molecule has 2 saturated carbocycles. The molecule has 2 aromatic rings. The highest BCUT2D eigenvalue weighted by atomic mass is 32.2. The highest BCUT2D eigenvalue weighted by Gasteiger charge is 2.42. The van der Waals surface area contributed by atoms with Crippen LogP contribution in [0.25, 0.3) is 11.4 Å². The molecule has 4 atom stereocenters. The molecule has 6 nitrogen and oxygen atoms in total. The van der Waals surface area contributed by atoms with Crippen LogP contribution in [-0.4, -0.2) is 39.6 Å². The molecule has 7 heteroatoms. The fourth-order valence-electron chi connectivity index (χ4n) is 5.15. The van der Waals surface area contributed by atoms with Crippen LogP contribution in [0.4, 0.5) is 0 Å². The van der Waals surface area contributed by atoms with Gasteiger partial charge >= 0.3 is 0 Å². The van der Waals surface area contributed by atoms with Crippen LogP contribution in [-0.2, 0) is 11.3 Å². The van der Waals surface area contributed by atoms with E-state index in [2.05, 4.69) is 29.4 Å². The monoisotopic (exact) mass is 414 g/mol. The molecule has 156 valence electrons. The second kappa shape index (κ2) is 8.78. The largest absolute Gasteiger partial charge is 0.496 e. The number of amides is 1. The van der Waals surface area contributed by atoms with E-state index in [1.807, 2.05) is 28.8 Å². The molecule has 2 aliphatic carbocycles. The Morgan fingerprint density at radius 1 is 1.31 bits per heavy atom. The van der Waals surface area contributed by atoms with Gasteiger partial charge in [0.2, 0.25) is 5.91 Å². The summed E-state index contributed by atoms with van der Waals surface area (Å²) in [4.78, 5) is 12.6. The molecule has 1 N–H and O–H groups in total. The van der Waals surface area contributed by atoms with Gasteiger partial charge in [-0.1, -0.05) is 30.3 Å². The Labute approximate surface area is 176 Å². The highest BCUT2D eigenvalue weighted by Crippen LogP contribution is 2.49. The predicted octanol–water partition coefficient (Wildman–Crippen LogP) is 4.01. The summed E-state index contributed by atoms with van der Waals surface area (Å²) >= 11 is 1.45. The molecule has 2 aliphatic rings. The third-order valence-electron chi connectivity index (χ3n) is 6.54. The lowest BCUT2D eigenvalue weighted by atomic mass is 9.84. The standard InChI is InChI=1S/C22H30N4O2S/c1-4-26-21(17-7-5-6-8-19(17)28-3)24-25-22(26)29-13-20(27)23-14(2)18-12-15-9-10-16(18)11-15/h5-8,14-16,18H,4,9-13H2,1-3H3,(H,23,27). The van der Waals surface area contributed by atoms with Gasteiger partial charge in [-0.2, -0.15) is 0 Å². The van der Waals surface area contributed by atoms with E-state index in [9.17, 15) is 4.79 Å². The maximum atomic E-state index is 12.6. The number of carbonyl (C=O) groups is 1. The predicted molar refractivity (Wildman–Crippen MR) is 115 cm³/mol. The molecular formula is C22H30N4O2S. The topological polar surface area (TPSA) is 69.0 Å². The number of nitrogens with zero attached hydrogens (tertiary/aromatic N) is 3. The summed E-state index contributed by atoms with van der Waals surface area (Å²) in [5.74, 6) is 4.33. The summed E-state index contributed by atoms with van der Waals surface area (Å²) in [5.41, 5.74) is 0.908. The zero-order valence-corrected chi connectivity index (χ0v) is 18.2. The van der Waals surface area contributed by atoms with Gasteiger partial charge in [-0.15, -0.1) is 10.2 Å². The lowest BCUT2D eigenvalue weighted by molar-refractivity contribution is -0.119. The second-order valence-electron chi connectivity index (χ2n) is 8.23. The summed E-state index contributed by atoms with van der Waals surface area (Å²) in [7, 11) is 1.66. The van der Waals surface area contributed by atoms with Crippen LogP contribution in [0, 0.1) is 17.8 Å². The van der Waals surface area contributed by atoms with E-state index in [0.717, 1.165) is 40.7 Å². The molecule has 1 amide bonds. The number of methoxy groups -OCH3 is 1. The normalized spacial score (nSPS) is 23.9. The summed E-state index contributed by atoms with van der Waals surface area (Å²) < 4.78 is 7.50. The van der Waals surface area contributed by atoms with Crippen LogP contribution < -0.4 is 10.1 Å². The Hall–Kier alpha value is -2.02. The van der Waals surface area contributed by atoms with E-state index in [0.29, 0.717) is 11.7 Å². The first-order valence-corrected chi connectivity index (χ1v) is 11.6. The smallest absolute Gasteiger partial charge is 0.230 e. The minimum atomic E-state index is 0.0785. The average molecular weight is 415 g/mol. The van der Waals surface area contributed by atoms with Crippen molar-refractivity contribution in [1.29, 1.82) is 0 Å². The Balaban J connectivity index is 1.38. The van der Waals surface area contributed by atoms with Crippen LogP contribution in [0.3, 0.4) is 0 Å². The number of ether oxygens (including phenoxy) is 1. The molecule has 1 aromatic heterocycles. The molecule has 4 unspecified atom stereocenters. The average Bonchev–Trinajstić information content (AvgIpc) is 3.47. The van der Waals surface area contributed by atoms with Gasteiger partial charge in [-0.25, -0.2) is 0 Å². The molecular weight excluding hydrogens is 384 g/mol. The van der Waals surface area contributed by atoms with E-state index in [-0.39, 0.29) is 11.9 Å². The van der Waals surface area contributed by atoms with E-state index < -0.39 is 0 Å². The third-order valence-corrected chi connectivity index (χ3v) is 7.50. The summed E-state index contributed by atoms with van der Waals surface area (Å²) in [6, 6.07) is 8.05. The van der Waals surface area contributed by atoms with Gasteiger partial charge in [0.1, 0.15) is 5.75 Å². The number of fused-ring (bicyclic) bond motifs is 2. The van der Waals surface area contributed by atoms with Crippen molar-refractivity contribution in [3.8, 4) is 17.1 Å². The Bertz CT molecular complexity index is 868. The first kappa shape index (κ1) is 20.3. The lowest BCUT2D eigenvalue weighted by Gasteiger charge is -2.28. The third kappa shape index (κ3) is 4.15. The number of benzene rings is 1. The molecule has 1 aromatic carbocycles. The number of hydrogen-bond donors (Lipinski definition) is 1. The van der Waals surface area contributed by atoms with E-state index in [4.69, 9.17) is 4.74 Å². The van der Waals surface area contributed by atoms with Crippen LogP contribution >= 0.6 is 11.8 Å². The van der Waals surface area contributed by atoms with Crippen molar-refractivity contribution in [2.24, 2.45) is 17.8 Å². The number of aromatic nitrogens is 3. The summed E-state index contributed by atoms with van der Waals surface area (Å²) in [6.07, 6.45) is 5.38.